The first-order valence-corrected chi connectivity index (χ1v) is 8.50. The molecule has 5 nitrogen and oxygen atoms in total. The number of piperazine rings is 1. The molecule has 0 spiro atoms. The number of nitrogens with one attached hydrogen (secondary N) is 1. The number of ether oxygens (including phenoxy) is 2. The van der Waals surface area contributed by atoms with Gasteiger partial charge >= 0.3 is 5.97 Å². The summed E-state index contributed by atoms with van der Waals surface area (Å²) in [6, 6.07) is 6.03. The van der Waals surface area contributed by atoms with E-state index >= 15 is 0 Å². The maximum atomic E-state index is 12.8. The van der Waals surface area contributed by atoms with Crippen molar-refractivity contribution in [3.63, 3.8) is 0 Å². The number of esters is 1. The molecule has 1 fully saturated rings. The molecule has 3 rings (SSSR count). The maximum absolute atomic E-state index is 12.8. The maximum Gasteiger partial charge on any atom is 0.337 e. The largest absolute Gasteiger partial charge is 0.497 e. The lowest BCUT2D eigenvalue weighted by Gasteiger charge is -2.40. The molecule has 1 aromatic carbocycles. The zero-order chi connectivity index (χ0) is 15.6. The third-order valence-electron chi connectivity index (χ3n) is 4.21. The monoisotopic (exact) mass is 322 g/mol. The summed E-state index contributed by atoms with van der Waals surface area (Å²) >= 11 is 1.61. The second-order valence-corrected chi connectivity index (χ2v) is 6.81. The first kappa shape index (κ1) is 15.6. The van der Waals surface area contributed by atoms with Gasteiger partial charge in [-0.3, -0.25) is 4.90 Å². The summed E-state index contributed by atoms with van der Waals surface area (Å²) in [5.41, 5.74) is 1.19. The van der Waals surface area contributed by atoms with Crippen molar-refractivity contribution in [2.75, 3.05) is 39.9 Å². The average Bonchev–Trinajstić information content (AvgIpc) is 2.95. The van der Waals surface area contributed by atoms with Crippen LogP contribution < -0.4 is 10.1 Å². The van der Waals surface area contributed by atoms with Crippen LogP contribution in [-0.4, -0.2) is 55.6 Å². The van der Waals surface area contributed by atoms with Crippen molar-refractivity contribution < 1.29 is 14.3 Å². The molecule has 22 heavy (non-hydrogen) atoms. The number of rotatable bonds is 4. The fraction of sp³-hybridized carbons (Fsp3) is 0.562. The summed E-state index contributed by atoms with van der Waals surface area (Å²) in [7, 11) is 1.66. The minimum atomic E-state index is -0.632. The lowest BCUT2D eigenvalue weighted by molar-refractivity contribution is -0.151. The molecule has 120 valence electrons. The molecular formula is C16H22N2O3S. The number of methoxy groups -OCH3 is 1. The standard InChI is InChI=1S/C16H22N2O3S/c1-3-21-15(19)16(18-8-6-17-7-9-18)11-12-4-5-13(20-2)10-14(12)22-16/h4-5,10,17H,3,6-9,11H2,1-2H3. The summed E-state index contributed by atoms with van der Waals surface area (Å²) in [4.78, 5) is 15.5. The molecule has 1 N–H and O–H groups in total. The minimum Gasteiger partial charge on any atom is -0.497 e. The van der Waals surface area contributed by atoms with Gasteiger partial charge in [-0.15, -0.1) is 0 Å². The number of fused-ring (bicyclic) bond motifs is 1. The summed E-state index contributed by atoms with van der Waals surface area (Å²) in [6.07, 6.45) is 0.690. The molecule has 1 atom stereocenters. The summed E-state index contributed by atoms with van der Waals surface area (Å²) in [6.45, 7) is 5.79. The number of hydrogen-bond acceptors (Lipinski definition) is 6. The second-order valence-electron chi connectivity index (χ2n) is 5.49. The highest BCUT2D eigenvalue weighted by molar-refractivity contribution is 8.01. The van der Waals surface area contributed by atoms with E-state index < -0.39 is 4.87 Å². The van der Waals surface area contributed by atoms with Crippen LogP contribution in [0.5, 0.6) is 5.75 Å². The van der Waals surface area contributed by atoms with Crippen LogP contribution in [0, 0.1) is 0 Å². The highest BCUT2D eigenvalue weighted by Gasteiger charge is 2.51. The summed E-state index contributed by atoms with van der Waals surface area (Å²) < 4.78 is 10.7. The molecule has 6 heteroatoms. The van der Waals surface area contributed by atoms with Crippen molar-refractivity contribution in [3.05, 3.63) is 23.8 Å². The van der Waals surface area contributed by atoms with E-state index in [1.165, 1.54) is 5.56 Å². The van der Waals surface area contributed by atoms with E-state index in [0.29, 0.717) is 13.0 Å². The molecule has 1 saturated heterocycles. The quantitative estimate of drug-likeness (QED) is 0.848. The summed E-state index contributed by atoms with van der Waals surface area (Å²) in [5, 5.41) is 3.34. The Bertz CT molecular complexity index is 560. The van der Waals surface area contributed by atoms with Crippen molar-refractivity contribution >= 4 is 17.7 Å². The van der Waals surface area contributed by atoms with Gasteiger partial charge in [-0.25, -0.2) is 4.79 Å². The molecular weight excluding hydrogens is 300 g/mol. The van der Waals surface area contributed by atoms with Crippen molar-refractivity contribution in [3.8, 4) is 5.75 Å². The molecule has 0 saturated carbocycles. The number of thioether (sulfide) groups is 1. The van der Waals surface area contributed by atoms with Crippen molar-refractivity contribution in [2.45, 2.75) is 23.1 Å². The molecule has 2 aliphatic rings. The number of carbonyl (C=O) groups is 1. The van der Waals surface area contributed by atoms with E-state index in [1.54, 1.807) is 18.9 Å². The molecule has 0 bridgehead atoms. The summed E-state index contributed by atoms with van der Waals surface area (Å²) in [5.74, 6) is 0.697. The van der Waals surface area contributed by atoms with Crippen LogP contribution in [0.25, 0.3) is 0 Å². The first-order chi connectivity index (χ1) is 10.7. The van der Waals surface area contributed by atoms with E-state index in [-0.39, 0.29) is 5.97 Å². The third-order valence-corrected chi connectivity index (χ3v) is 5.71. The van der Waals surface area contributed by atoms with Crippen LogP contribution in [0.2, 0.25) is 0 Å². The van der Waals surface area contributed by atoms with Gasteiger partial charge in [0, 0.05) is 37.5 Å². The van der Waals surface area contributed by atoms with E-state index in [9.17, 15) is 4.79 Å². The van der Waals surface area contributed by atoms with Gasteiger partial charge in [0.2, 0.25) is 0 Å². The molecule has 2 aliphatic heterocycles. The molecule has 0 radical (unpaired) electrons. The zero-order valence-electron chi connectivity index (χ0n) is 13.1. The van der Waals surface area contributed by atoms with E-state index in [0.717, 1.165) is 36.8 Å². The van der Waals surface area contributed by atoms with E-state index in [2.05, 4.69) is 16.3 Å². The Labute approximate surface area is 135 Å². The highest BCUT2D eigenvalue weighted by Crippen LogP contribution is 2.49. The smallest absolute Gasteiger partial charge is 0.337 e. The Hall–Kier alpha value is -1.24. The highest BCUT2D eigenvalue weighted by atomic mass is 32.2. The van der Waals surface area contributed by atoms with Gasteiger partial charge in [-0.2, -0.15) is 0 Å². The van der Waals surface area contributed by atoms with Gasteiger partial charge in [0.25, 0.3) is 0 Å². The predicted molar refractivity (Wildman–Crippen MR) is 86.4 cm³/mol. The second kappa shape index (κ2) is 6.48. The normalized spacial score (nSPS) is 24.8. The number of hydrogen-bond donors (Lipinski definition) is 1. The van der Waals surface area contributed by atoms with Gasteiger partial charge < -0.3 is 14.8 Å². The third kappa shape index (κ3) is 2.71. The van der Waals surface area contributed by atoms with Gasteiger partial charge in [0.05, 0.1) is 13.7 Å². The molecule has 1 unspecified atom stereocenters. The van der Waals surface area contributed by atoms with E-state index in [1.807, 2.05) is 19.1 Å². The minimum absolute atomic E-state index is 0.128. The Morgan fingerprint density at radius 1 is 1.41 bits per heavy atom. The Morgan fingerprint density at radius 3 is 2.86 bits per heavy atom. The van der Waals surface area contributed by atoms with E-state index in [4.69, 9.17) is 9.47 Å². The van der Waals surface area contributed by atoms with Crippen molar-refractivity contribution in [1.82, 2.24) is 10.2 Å². The fourth-order valence-electron chi connectivity index (χ4n) is 3.07. The van der Waals surface area contributed by atoms with Crippen molar-refractivity contribution in [2.24, 2.45) is 0 Å². The first-order valence-electron chi connectivity index (χ1n) is 7.68. The SMILES string of the molecule is CCOC(=O)C1(N2CCNCC2)Cc2ccc(OC)cc2S1. The van der Waals surface area contributed by atoms with Crippen LogP contribution in [0.4, 0.5) is 0 Å². The number of nitrogens with zero attached hydrogens (tertiary/aromatic N) is 1. The Kier molecular flexibility index (Phi) is 4.61. The van der Waals surface area contributed by atoms with Gasteiger partial charge in [0.15, 0.2) is 4.87 Å². The Balaban J connectivity index is 1.92. The number of benzene rings is 1. The van der Waals surface area contributed by atoms with Crippen molar-refractivity contribution in [1.29, 1.82) is 0 Å². The van der Waals surface area contributed by atoms with Crippen LogP contribution >= 0.6 is 11.8 Å². The Morgan fingerprint density at radius 2 is 2.18 bits per heavy atom. The number of carbonyl (C=O) groups excluding carboxylic acids is 1. The predicted octanol–water partition coefficient (Wildman–Crippen LogP) is 1.51. The van der Waals surface area contributed by atoms with Gasteiger partial charge in [-0.05, 0) is 24.6 Å². The van der Waals surface area contributed by atoms with Crippen LogP contribution in [0.3, 0.4) is 0 Å². The lowest BCUT2D eigenvalue weighted by Crippen LogP contribution is -2.58. The molecule has 2 heterocycles. The topological polar surface area (TPSA) is 50.8 Å². The average molecular weight is 322 g/mol. The van der Waals surface area contributed by atoms with Gasteiger partial charge in [-0.1, -0.05) is 17.8 Å². The molecule has 1 aromatic rings. The van der Waals surface area contributed by atoms with Crippen LogP contribution in [0.1, 0.15) is 12.5 Å². The fourth-order valence-corrected chi connectivity index (χ4v) is 4.56. The zero-order valence-corrected chi connectivity index (χ0v) is 13.9. The molecule has 0 amide bonds. The van der Waals surface area contributed by atoms with Crippen LogP contribution in [-0.2, 0) is 16.0 Å². The molecule has 0 aromatic heterocycles. The molecule has 0 aliphatic carbocycles. The van der Waals surface area contributed by atoms with Crippen LogP contribution in [0.15, 0.2) is 23.1 Å². The van der Waals surface area contributed by atoms with Gasteiger partial charge in [0.1, 0.15) is 5.75 Å². The lowest BCUT2D eigenvalue weighted by atomic mass is 10.0.